The van der Waals surface area contributed by atoms with Gasteiger partial charge in [0.25, 0.3) is 0 Å². The molecule has 2 aromatic rings. The molecule has 37 heavy (non-hydrogen) atoms. The number of hydrogen-bond acceptors (Lipinski definition) is 2. The average Bonchev–Trinajstić information content (AvgIpc) is 2.78. The van der Waals surface area contributed by atoms with Crippen LogP contribution in [0.4, 0.5) is 26.3 Å². The fourth-order valence-corrected chi connectivity index (χ4v) is 2.68. The minimum atomic E-state index is -4.47. The number of phenolic OH excluding ortho intramolecular Hbond substituents is 2. The van der Waals surface area contributed by atoms with Crippen molar-refractivity contribution in [2.75, 3.05) is 0 Å². The van der Waals surface area contributed by atoms with Crippen LogP contribution < -0.4 is 0 Å². The lowest BCUT2D eigenvalue weighted by molar-refractivity contribution is -0.141. The number of phenols is 2. The molecule has 0 saturated heterocycles. The van der Waals surface area contributed by atoms with E-state index in [-0.39, 0.29) is 29.5 Å². The van der Waals surface area contributed by atoms with Gasteiger partial charge in [0.15, 0.2) is 0 Å². The van der Waals surface area contributed by atoms with Gasteiger partial charge >= 0.3 is 12.4 Å². The SMILES string of the molecule is CC.CC.CC(F)(F)F.CCC.CCC.CCc1cc(O)ccc1[C@@H](c1ccc(O)cc1C)C(F)(F)F. The summed E-state index contributed by atoms with van der Waals surface area (Å²) in [6.45, 7) is 20.0. The van der Waals surface area contributed by atoms with Gasteiger partial charge in [-0.1, -0.05) is 87.3 Å². The van der Waals surface area contributed by atoms with Gasteiger partial charge in [-0.15, -0.1) is 0 Å². The van der Waals surface area contributed by atoms with Crippen LogP contribution in [0.15, 0.2) is 36.4 Å². The maximum Gasteiger partial charge on any atom is 0.399 e. The van der Waals surface area contributed by atoms with Gasteiger partial charge in [0, 0.05) is 6.92 Å². The second-order valence-corrected chi connectivity index (χ2v) is 7.45. The second kappa shape index (κ2) is 22.8. The van der Waals surface area contributed by atoms with Gasteiger partial charge in [0.1, 0.15) is 17.4 Å². The van der Waals surface area contributed by atoms with Crippen LogP contribution in [0.5, 0.6) is 11.5 Å². The van der Waals surface area contributed by atoms with Crippen LogP contribution in [0.1, 0.15) is 110 Å². The zero-order chi connectivity index (χ0) is 30.4. The first kappa shape index (κ1) is 41.7. The Labute approximate surface area is 220 Å². The third-order valence-corrected chi connectivity index (χ3v) is 3.71. The molecule has 218 valence electrons. The highest BCUT2D eigenvalue weighted by molar-refractivity contribution is 5.46. The van der Waals surface area contributed by atoms with Crippen LogP contribution in [0, 0.1) is 6.92 Å². The van der Waals surface area contributed by atoms with Gasteiger partial charge in [-0.25, -0.2) is 0 Å². The summed E-state index contributed by atoms with van der Waals surface area (Å²) >= 11 is 0. The predicted octanol–water partition coefficient (Wildman–Crippen LogP) is 11.1. The Bertz CT molecular complexity index is 792. The molecule has 0 spiro atoms. The van der Waals surface area contributed by atoms with Crippen molar-refractivity contribution in [2.24, 2.45) is 0 Å². The monoisotopic (exact) mass is 542 g/mol. The Hall–Kier alpha value is -2.38. The first-order chi connectivity index (χ1) is 17.1. The first-order valence-corrected chi connectivity index (χ1v) is 12.8. The molecule has 0 amide bonds. The molecule has 0 aliphatic heterocycles. The van der Waals surface area contributed by atoms with Crippen LogP contribution in [-0.2, 0) is 6.42 Å². The number of aromatic hydroxyl groups is 2. The molecule has 0 bridgehead atoms. The van der Waals surface area contributed by atoms with E-state index >= 15 is 0 Å². The number of alkyl halides is 6. The van der Waals surface area contributed by atoms with E-state index in [0.29, 0.717) is 17.5 Å². The number of halogens is 6. The summed E-state index contributed by atoms with van der Waals surface area (Å²) in [5.74, 6) is -1.91. The van der Waals surface area contributed by atoms with Crippen molar-refractivity contribution in [3.8, 4) is 11.5 Å². The van der Waals surface area contributed by atoms with Crippen LogP contribution in [0.2, 0.25) is 0 Å². The van der Waals surface area contributed by atoms with Crippen molar-refractivity contribution in [3.05, 3.63) is 58.7 Å². The number of benzene rings is 2. The van der Waals surface area contributed by atoms with Crippen LogP contribution in [-0.4, -0.2) is 22.6 Å². The minimum absolute atomic E-state index is 0.0519. The van der Waals surface area contributed by atoms with E-state index in [1.165, 1.54) is 49.2 Å². The van der Waals surface area contributed by atoms with E-state index in [4.69, 9.17) is 0 Å². The normalized spacial score (nSPS) is 10.7. The van der Waals surface area contributed by atoms with Gasteiger partial charge in [-0.2, -0.15) is 26.3 Å². The minimum Gasteiger partial charge on any atom is -0.508 e. The van der Waals surface area contributed by atoms with E-state index in [0.717, 1.165) is 0 Å². The molecule has 2 aromatic carbocycles. The molecule has 0 fully saturated rings. The summed E-state index contributed by atoms with van der Waals surface area (Å²) < 4.78 is 72.1. The van der Waals surface area contributed by atoms with Crippen LogP contribution >= 0.6 is 0 Å². The van der Waals surface area contributed by atoms with Crippen molar-refractivity contribution >= 4 is 0 Å². The van der Waals surface area contributed by atoms with Crippen molar-refractivity contribution in [3.63, 3.8) is 0 Å². The standard InChI is InChI=1S/C17H17F3O2.2C3H8.C2H3F3.2C2H6/c1-3-11-9-13(22)5-7-15(11)16(17(18,19)20)14-6-4-12(21)8-10(14)2;2*1-3-2;1-2(3,4)5;2*1-2/h4-9,16,21-22H,3H2,1-2H3;2*3H2,1-2H3;1H3;2*1-2H3/t16-;;;;;/m1...../s1. The van der Waals surface area contributed by atoms with E-state index in [2.05, 4.69) is 27.7 Å². The third kappa shape index (κ3) is 21.4. The molecule has 1 atom stereocenters. The van der Waals surface area contributed by atoms with Crippen LogP contribution in [0.3, 0.4) is 0 Å². The molecule has 0 unspecified atom stereocenters. The van der Waals surface area contributed by atoms with Crippen LogP contribution in [0.25, 0.3) is 0 Å². The van der Waals surface area contributed by atoms with E-state index in [1.54, 1.807) is 13.8 Å². The quantitative estimate of drug-likeness (QED) is 0.379. The molecular weight excluding hydrogens is 494 g/mol. The largest absolute Gasteiger partial charge is 0.508 e. The van der Waals surface area contributed by atoms with Crippen molar-refractivity contribution in [1.29, 1.82) is 0 Å². The molecular formula is C29H48F6O2. The van der Waals surface area contributed by atoms with Crippen molar-refractivity contribution < 1.29 is 36.6 Å². The zero-order valence-corrected chi connectivity index (χ0v) is 24.3. The highest BCUT2D eigenvalue weighted by Gasteiger charge is 2.43. The number of rotatable bonds is 3. The maximum absolute atomic E-state index is 13.7. The molecule has 0 aromatic heterocycles. The fourth-order valence-electron chi connectivity index (χ4n) is 2.68. The Morgan fingerprint density at radius 1 is 0.676 bits per heavy atom. The van der Waals surface area contributed by atoms with Crippen molar-refractivity contribution in [2.45, 2.75) is 114 Å². The highest BCUT2D eigenvalue weighted by atomic mass is 19.4. The summed E-state index contributed by atoms with van der Waals surface area (Å²) in [7, 11) is 0. The third-order valence-electron chi connectivity index (χ3n) is 3.71. The smallest absolute Gasteiger partial charge is 0.399 e. The van der Waals surface area contributed by atoms with E-state index in [9.17, 15) is 36.6 Å². The lowest BCUT2D eigenvalue weighted by Gasteiger charge is -2.25. The lowest BCUT2D eigenvalue weighted by Crippen LogP contribution is -2.24. The highest BCUT2D eigenvalue weighted by Crippen LogP contribution is 2.43. The molecule has 8 heteroatoms. The Morgan fingerprint density at radius 3 is 1.30 bits per heavy atom. The summed E-state index contributed by atoms with van der Waals surface area (Å²) in [6.07, 6.45) is -5.59. The van der Waals surface area contributed by atoms with Gasteiger partial charge < -0.3 is 10.2 Å². The maximum atomic E-state index is 13.7. The van der Waals surface area contributed by atoms with Crippen molar-refractivity contribution in [1.82, 2.24) is 0 Å². The summed E-state index contributed by atoms with van der Waals surface area (Å²) in [5.41, 5.74) is 1.06. The van der Waals surface area contributed by atoms with Gasteiger partial charge in [-0.05, 0) is 59.9 Å². The first-order valence-electron chi connectivity index (χ1n) is 12.8. The molecule has 2 rings (SSSR count). The summed E-state index contributed by atoms with van der Waals surface area (Å²) in [4.78, 5) is 0. The molecule has 0 aliphatic rings. The van der Waals surface area contributed by atoms with Gasteiger partial charge in [-0.3, -0.25) is 0 Å². The molecule has 0 saturated carbocycles. The molecule has 0 aliphatic carbocycles. The second-order valence-electron chi connectivity index (χ2n) is 7.45. The summed E-state index contributed by atoms with van der Waals surface area (Å²) in [5, 5.41) is 18.9. The van der Waals surface area contributed by atoms with E-state index < -0.39 is 18.3 Å². The Morgan fingerprint density at radius 2 is 1.00 bits per heavy atom. The molecule has 0 radical (unpaired) electrons. The Kier molecular flexibility index (Phi) is 25.7. The zero-order valence-electron chi connectivity index (χ0n) is 24.3. The number of hydrogen-bond donors (Lipinski definition) is 2. The molecule has 2 nitrogen and oxygen atoms in total. The van der Waals surface area contributed by atoms with E-state index in [1.807, 2.05) is 27.7 Å². The molecule has 0 heterocycles. The van der Waals surface area contributed by atoms with Gasteiger partial charge in [0.05, 0.1) is 0 Å². The van der Waals surface area contributed by atoms with Gasteiger partial charge in [0.2, 0.25) is 0 Å². The Balaban J connectivity index is -0.000000302. The topological polar surface area (TPSA) is 40.5 Å². The fraction of sp³-hybridized carbons (Fsp3) is 0.586. The predicted molar refractivity (Wildman–Crippen MR) is 145 cm³/mol. The average molecular weight is 543 g/mol. The molecule has 2 N–H and O–H groups in total. The summed E-state index contributed by atoms with van der Waals surface area (Å²) in [6, 6.07) is 7.83. The number of aryl methyl sites for hydroxylation is 2. The lowest BCUT2D eigenvalue weighted by atomic mass is 9.84.